The van der Waals surface area contributed by atoms with Gasteiger partial charge in [-0.25, -0.2) is 0 Å². The van der Waals surface area contributed by atoms with Crippen LogP contribution in [0.15, 0.2) is 12.2 Å². The first-order valence-corrected chi connectivity index (χ1v) is 8.63. The van der Waals surface area contributed by atoms with E-state index in [9.17, 15) is 9.59 Å². The van der Waals surface area contributed by atoms with Gasteiger partial charge in [0.2, 0.25) is 0 Å². The van der Waals surface area contributed by atoms with E-state index in [0.29, 0.717) is 29.1 Å². The monoisotopic (exact) mass is 282 g/mol. The van der Waals surface area contributed by atoms with Gasteiger partial charge in [0.1, 0.15) is 11.2 Å². The Morgan fingerprint density at radius 1 is 0.905 bits per heavy atom. The molecule has 0 unspecified atom stereocenters. The number of ether oxygens (including phenoxy) is 1. The van der Waals surface area contributed by atoms with Crippen molar-refractivity contribution < 1.29 is 14.3 Å². The molecule has 0 amide bonds. The van der Waals surface area contributed by atoms with E-state index in [1.165, 1.54) is 25.7 Å². The molecule has 0 aromatic carbocycles. The molecular formula is C18H18O3. The zero-order valence-electron chi connectivity index (χ0n) is 11.9. The number of hydrogen-bond acceptors (Lipinski definition) is 3. The Kier molecular flexibility index (Phi) is 1.31. The summed E-state index contributed by atoms with van der Waals surface area (Å²) < 4.78 is 6.57. The predicted octanol–water partition coefficient (Wildman–Crippen LogP) is 1.90. The summed E-state index contributed by atoms with van der Waals surface area (Å²) in [6, 6.07) is 0. The molecule has 3 heteroatoms. The van der Waals surface area contributed by atoms with Gasteiger partial charge < -0.3 is 4.74 Å². The fourth-order valence-corrected chi connectivity index (χ4v) is 8.55. The second kappa shape index (κ2) is 2.58. The third-order valence-corrected chi connectivity index (χ3v) is 8.83. The Balaban J connectivity index is 1.47. The summed E-state index contributed by atoms with van der Waals surface area (Å²) in [4.78, 5) is 24.9. The van der Waals surface area contributed by atoms with Gasteiger partial charge in [0.05, 0.1) is 0 Å². The maximum atomic E-state index is 12.4. The Bertz CT molecular complexity index is 637. The van der Waals surface area contributed by atoms with Crippen LogP contribution in [0.5, 0.6) is 0 Å². The average molecular weight is 282 g/mol. The molecule has 0 N–H and O–H groups in total. The molecule has 1 aliphatic heterocycles. The van der Waals surface area contributed by atoms with Crippen LogP contribution in [0.4, 0.5) is 0 Å². The molecule has 0 aromatic rings. The van der Waals surface area contributed by atoms with E-state index in [1.807, 2.05) is 0 Å². The largest absolute Gasteiger partial charge is 0.361 e. The third kappa shape index (κ3) is 0.730. The topological polar surface area (TPSA) is 46.7 Å². The maximum Gasteiger partial charge on any atom is 0.160 e. The van der Waals surface area contributed by atoms with Crippen molar-refractivity contribution >= 4 is 11.6 Å². The molecule has 3 nitrogen and oxygen atoms in total. The smallest absolute Gasteiger partial charge is 0.160 e. The quantitative estimate of drug-likeness (QED) is 0.638. The van der Waals surface area contributed by atoms with Crippen molar-refractivity contribution in [1.29, 1.82) is 0 Å². The lowest BCUT2D eigenvalue weighted by molar-refractivity contribution is -0.132. The Morgan fingerprint density at radius 3 is 1.90 bits per heavy atom. The highest BCUT2D eigenvalue weighted by Gasteiger charge is 2.99. The van der Waals surface area contributed by atoms with Crippen molar-refractivity contribution in [3.63, 3.8) is 0 Å². The molecule has 6 aliphatic carbocycles. The SMILES string of the molecule is O=C1C=CC(=O)[C@@H]2[C@@H]1[C@H]1C[C@H]2[C@@]23O[C@]12[C@H]1CC[C@H]3C12CC2. The van der Waals surface area contributed by atoms with Gasteiger partial charge in [-0.1, -0.05) is 0 Å². The number of fused-ring (bicyclic) bond motifs is 5. The van der Waals surface area contributed by atoms with Crippen molar-refractivity contribution in [2.75, 3.05) is 0 Å². The average Bonchev–Trinajstić information content (AvgIpc) is 3.25. The third-order valence-electron chi connectivity index (χ3n) is 8.83. The van der Waals surface area contributed by atoms with Crippen LogP contribution in [0, 0.1) is 40.9 Å². The Hall–Kier alpha value is -0.960. The first-order valence-electron chi connectivity index (χ1n) is 8.63. The summed E-state index contributed by atoms with van der Waals surface area (Å²) in [5.41, 5.74) is 0.626. The van der Waals surface area contributed by atoms with E-state index in [1.54, 1.807) is 12.2 Å². The van der Waals surface area contributed by atoms with Gasteiger partial charge in [0, 0.05) is 23.7 Å². The van der Waals surface area contributed by atoms with Gasteiger partial charge in [-0.3, -0.25) is 9.59 Å². The lowest BCUT2D eigenvalue weighted by atomic mass is 9.60. The molecule has 1 spiro atoms. The number of epoxide rings is 1. The zero-order valence-corrected chi connectivity index (χ0v) is 11.9. The van der Waals surface area contributed by atoms with E-state index in [2.05, 4.69) is 0 Å². The zero-order chi connectivity index (χ0) is 13.8. The van der Waals surface area contributed by atoms with Gasteiger partial charge >= 0.3 is 0 Å². The molecule has 0 radical (unpaired) electrons. The van der Waals surface area contributed by atoms with E-state index in [4.69, 9.17) is 4.74 Å². The molecule has 5 saturated carbocycles. The first-order chi connectivity index (χ1) is 10.2. The number of rotatable bonds is 0. The van der Waals surface area contributed by atoms with Crippen LogP contribution in [-0.4, -0.2) is 22.8 Å². The van der Waals surface area contributed by atoms with Crippen molar-refractivity contribution in [3.05, 3.63) is 12.2 Å². The molecule has 7 aliphatic rings. The second-order valence-corrected chi connectivity index (χ2v) is 8.74. The number of ketones is 2. The lowest BCUT2D eigenvalue weighted by Crippen LogP contribution is -2.50. The van der Waals surface area contributed by atoms with Gasteiger partial charge in [-0.05, 0) is 61.5 Å². The summed E-state index contributed by atoms with van der Waals surface area (Å²) in [6.45, 7) is 0. The fourth-order valence-electron chi connectivity index (χ4n) is 8.55. The molecule has 21 heavy (non-hydrogen) atoms. The molecule has 6 fully saturated rings. The van der Waals surface area contributed by atoms with Crippen molar-refractivity contribution in [2.24, 2.45) is 40.9 Å². The van der Waals surface area contributed by atoms with Crippen LogP contribution in [0.3, 0.4) is 0 Å². The molecule has 8 atom stereocenters. The van der Waals surface area contributed by atoms with E-state index in [-0.39, 0.29) is 34.6 Å². The molecule has 4 bridgehead atoms. The highest BCUT2D eigenvalue weighted by molar-refractivity contribution is 6.08. The van der Waals surface area contributed by atoms with E-state index < -0.39 is 0 Å². The van der Waals surface area contributed by atoms with Crippen LogP contribution < -0.4 is 0 Å². The standard InChI is InChI=1S/C18H18O3/c19-10-1-2-11(20)15-9-7-8(14(10)15)17-12-3-4-13(16(12)5-6-16)18(9,17)21-17/h1-2,8-9,12-15H,3-7H2/t8-,9-,12+,13+,14-,15-,17+,18+/m1/s1. The highest BCUT2D eigenvalue weighted by atomic mass is 16.6. The maximum absolute atomic E-state index is 12.4. The molecule has 0 aromatic heterocycles. The predicted molar refractivity (Wildman–Crippen MR) is 72.2 cm³/mol. The molecule has 1 saturated heterocycles. The summed E-state index contributed by atoms with van der Waals surface area (Å²) in [5.74, 6) is 2.44. The fraction of sp³-hybridized carbons (Fsp3) is 0.778. The summed E-state index contributed by atoms with van der Waals surface area (Å²) in [6.07, 6.45) is 9.55. The molecule has 1 heterocycles. The van der Waals surface area contributed by atoms with Gasteiger partial charge in [0.25, 0.3) is 0 Å². The minimum absolute atomic E-state index is 0.0272. The number of allylic oxidation sites excluding steroid dienone is 2. The summed E-state index contributed by atoms with van der Waals surface area (Å²) in [7, 11) is 0. The van der Waals surface area contributed by atoms with E-state index in [0.717, 1.165) is 6.42 Å². The number of carbonyl (C=O) groups excluding carboxylic acids is 2. The first kappa shape index (κ1) is 10.7. The van der Waals surface area contributed by atoms with Crippen LogP contribution >= 0.6 is 0 Å². The van der Waals surface area contributed by atoms with Crippen molar-refractivity contribution in [2.45, 2.75) is 43.3 Å². The molecule has 7 rings (SSSR count). The molecule has 108 valence electrons. The summed E-state index contributed by atoms with van der Waals surface area (Å²) >= 11 is 0. The number of carbonyl (C=O) groups is 2. The van der Waals surface area contributed by atoms with Gasteiger partial charge in [-0.2, -0.15) is 0 Å². The van der Waals surface area contributed by atoms with Crippen LogP contribution in [-0.2, 0) is 14.3 Å². The van der Waals surface area contributed by atoms with Crippen LogP contribution in [0.1, 0.15) is 32.1 Å². The molecular weight excluding hydrogens is 264 g/mol. The minimum atomic E-state index is -0.0433. The Morgan fingerprint density at radius 2 is 1.43 bits per heavy atom. The Labute approximate surface area is 123 Å². The summed E-state index contributed by atoms with van der Waals surface area (Å²) in [5, 5.41) is 0. The van der Waals surface area contributed by atoms with Gasteiger partial charge in [-0.15, -0.1) is 0 Å². The van der Waals surface area contributed by atoms with Gasteiger partial charge in [0.15, 0.2) is 11.6 Å². The van der Waals surface area contributed by atoms with E-state index >= 15 is 0 Å². The highest BCUT2D eigenvalue weighted by Crippen LogP contribution is 2.93. The van der Waals surface area contributed by atoms with Crippen LogP contribution in [0.25, 0.3) is 0 Å². The second-order valence-electron chi connectivity index (χ2n) is 8.74. The minimum Gasteiger partial charge on any atom is -0.361 e. The van der Waals surface area contributed by atoms with Crippen LogP contribution in [0.2, 0.25) is 0 Å². The normalized spacial score (nSPS) is 65.7. The van der Waals surface area contributed by atoms with Crippen molar-refractivity contribution in [1.82, 2.24) is 0 Å². The number of hydrogen-bond donors (Lipinski definition) is 0. The lowest BCUT2D eigenvalue weighted by Gasteiger charge is -2.37. The van der Waals surface area contributed by atoms with Crippen molar-refractivity contribution in [3.8, 4) is 0 Å².